The smallest absolute Gasteiger partial charge is 0.417 e. The van der Waals surface area contributed by atoms with E-state index in [-0.39, 0.29) is 16.6 Å². The molecule has 0 fully saturated rings. The quantitative estimate of drug-likeness (QED) is 0.782. The first-order valence-electron chi connectivity index (χ1n) is 4.18. The summed E-state index contributed by atoms with van der Waals surface area (Å²) >= 11 is 2.96. The Bertz CT molecular complexity index is 437. The maximum Gasteiger partial charge on any atom is 0.417 e. The minimum Gasteiger partial charge on any atom is -0.497 e. The average molecular weight is 294 g/mol. The Morgan fingerprint density at radius 1 is 1.44 bits per heavy atom. The molecule has 86 valence electrons. The number of benzene rings is 1. The van der Waals surface area contributed by atoms with Crippen LogP contribution in [0, 0.1) is 11.3 Å². The van der Waals surface area contributed by atoms with Gasteiger partial charge in [-0.3, -0.25) is 0 Å². The van der Waals surface area contributed by atoms with Crippen molar-refractivity contribution in [1.29, 1.82) is 5.26 Å². The third kappa shape index (κ3) is 2.47. The standard InChI is InChI=1S/C10H7BrF3NO/c1-16-8-2-6(4-11)9(10(12,13)14)7(3-8)5-15/h2-3H,4H2,1H3. The molecule has 1 aromatic rings. The Hall–Kier alpha value is -1.22. The summed E-state index contributed by atoms with van der Waals surface area (Å²) in [5, 5.41) is 8.71. The molecule has 1 aromatic carbocycles. The van der Waals surface area contributed by atoms with Gasteiger partial charge in [-0.1, -0.05) is 15.9 Å². The molecule has 2 nitrogen and oxygen atoms in total. The van der Waals surface area contributed by atoms with E-state index in [1.54, 1.807) is 0 Å². The summed E-state index contributed by atoms with van der Waals surface area (Å²) in [7, 11) is 1.34. The molecule has 0 N–H and O–H groups in total. The predicted molar refractivity (Wildman–Crippen MR) is 55.3 cm³/mol. The first-order valence-corrected chi connectivity index (χ1v) is 5.30. The SMILES string of the molecule is COc1cc(C#N)c(C(F)(F)F)c(CBr)c1. The zero-order valence-electron chi connectivity index (χ0n) is 8.23. The van der Waals surface area contributed by atoms with Gasteiger partial charge in [-0.2, -0.15) is 18.4 Å². The normalized spacial score (nSPS) is 11.0. The van der Waals surface area contributed by atoms with Crippen LogP contribution in [0.2, 0.25) is 0 Å². The zero-order valence-corrected chi connectivity index (χ0v) is 9.82. The van der Waals surface area contributed by atoms with E-state index in [9.17, 15) is 13.2 Å². The number of hydrogen-bond acceptors (Lipinski definition) is 2. The van der Waals surface area contributed by atoms with Crippen molar-refractivity contribution >= 4 is 15.9 Å². The zero-order chi connectivity index (χ0) is 12.3. The number of ether oxygens (including phenoxy) is 1. The second-order valence-corrected chi connectivity index (χ2v) is 3.51. The Morgan fingerprint density at radius 3 is 2.44 bits per heavy atom. The summed E-state index contributed by atoms with van der Waals surface area (Å²) in [5.41, 5.74) is -1.35. The molecule has 0 unspecified atom stereocenters. The number of alkyl halides is 4. The number of nitriles is 1. The Morgan fingerprint density at radius 2 is 2.06 bits per heavy atom. The van der Waals surface area contributed by atoms with Crippen LogP contribution < -0.4 is 4.74 Å². The van der Waals surface area contributed by atoms with E-state index in [1.807, 2.05) is 0 Å². The molecule has 0 saturated heterocycles. The van der Waals surface area contributed by atoms with Gasteiger partial charge < -0.3 is 4.74 Å². The molecule has 16 heavy (non-hydrogen) atoms. The molecule has 0 aliphatic rings. The van der Waals surface area contributed by atoms with Gasteiger partial charge in [0.25, 0.3) is 0 Å². The molecule has 0 amide bonds. The first-order chi connectivity index (χ1) is 7.43. The molecule has 1 rings (SSSR count). The summed E-state index contributed by atoms with van der Waals surface area (Å²) < 4.78 is 42.9. The van der Waals surface area contributed by atoms with Crippen LogP contribution in [-0.4, -0.2) is 7.11 Å². The third-order valence-corrected chi connectivity index (χ3v) is 2.58. The molecule has 6 heteroatoms. The van der Waals surface area contributed by atoms with Gasteiger partial charge in [0.05, 0.1) is 24.3 Å². The van der Waals surface area contributed by atoms with Crippen LogP contribution in [0.3, 0.4) is 0 Å². The summed E-state index contributed by atoms with van der Waals surface area (Å²) in [5.74, 6) is 0.235. The number of nitrogens with zero attached hydrogens (tertiary/aromatic N) is 1. The number of methoxy groups -OCH3 is 1. The highest BCUT2D eigenvalue weighted by Gasteiger charge is 2.36. The topological polar surface area (TPSA) is 33.0 Å². The van der Waals surface area contributed by atoms with Gasteiger partial charge in [-0.05, 0) is 17.7 Å². The minimum absolute atomic E-state index is 0.00766. The van der Waals surface area contributed by atoms with Crippen LogP contribution in [0.4, 0.5) is 13.2 Å². The van der Waals surface area contributed by atoms with E-state index in [0.29, 0.717) is 0 Å². The van der Waals surface area contributed by atoms with Crippen molar-refractivity contribution in [2.75, 3.05) is 7.11 Å². The van der Waals surface area contributed by atoms with Crippen molar-refractivity contribution < 1.29 is 17.9 Å². The van der Waals surface area contributed by atoms with Crippen molar-refractivity contribution in [3.63, 3.8) is 0 Å². The molecule has 0 spiro atoms. The highest BCUT2D eigenvalue weighted by atomic mass is 79.9. The molecular weight excluding hydrogens is 287 g/mol. The maximum absolute atomic E-state index is 12.7. The van der Waals surface area contributed by atoms with Gasteiger partial charge >= 0.3 is 6.18 Å². The summed E-state index contributed by atoms with van der Waals surface area (Å²) in [4.78, 5) is 0. The van der Waals surface area contributed by atoms with Crippen molar-refractivity contribution in [2.45, 2.75) is 11.5 Å². The molecule has 0 aromatic heterocycles. The molecule has 0 heterocycles. The lowest BCUT2D eigenvalue weighted by atomic mass is 10.0. The Labute approximate surface area is 98.8 Å². The second-order valence-electron chi connectivity index (χ2n) is 2.95. The Kier molecular flexibility index (Phi) is 3.81. The van der Waals surface area contributed by atoms with Gasteiger partial charge in [0.15, 0.2) is 0 Å². The molecule has 0 aliphatic carbocycles. The van der Waals surface area contributed by atoms with Crippen molar-refractivity contribution in [3.05, 3.63) is 28.8 Å². The van der Waals surface area contributed by atoms with Crippen molar-refractivity contribution in [1.82, 2.24) is 0 Å². The van der Waals surface area contributed by atoms with Crippen LogP contribution in [0.15, 0.2) is 12.1 Å². The van der Waals surface area contributed by atoms with Crippen LogP contribution >= 0.6 is 15.9 Å². The monoisotopic (exact) mass is 293 g/mol. The fraction of sp³-hybridized carbons (Fsp3) is 0.300. The van der Waals surface area contributed by atoms with Gasteiger partial charge in [0.2, 0.25) is 0 Å². The molecule has 0 bridgehead atoms. The summed E-state index contributed by atoms with van der Waals surface area (Å²) in [6.07, 6.45) is -4.54. The highest BCUT2D eigenvalue weighted by Crippen LogP contribution is 2.37. The summed E-state index contributed by atoms with van der Waals surface area (Å²) in [6, 6.07) is 3.87. The molecular formula is C10H7BrF3NO. The van der Waals surface area contributed by atoms with Gasteiger partial charge in [0.1, 0.15) is 5.75 Å². The van der Waals surface area contributed by atoms with Crippen LogP contribution in [0.1, 0.15) is 16.7 Å². The maximum atomic E-state index is 12.7. The Balaban J connectivity index is 3.52. The fourth-order valence-corrected chi connectivity index (χ4v) is 1.76. The molecule has 0 aliphatic heterocycles. The van der Waals surface area contributed by atoms with E-state index in [1.165, 1.54) is 19.2 Å². The van der Waals surface area contributed by atoms with Crippen LogP contribution in [0.5, 0.6) is 5.75 Å². The lowest BCUT2D eigenvalue weighted by molar-refractivity contribution is -0.138. The van der Waals surface area contributed by atoms with E-state index < -0.39 is 17.3 Å². The fourth-order valence-electron chi connectivity index (χ4n) is 1.32. The van der Waals surface area contributed by atoms with Gasteiger partial charge in [-0.25, -0.2) is 0 Å². The lowest BCUT2D eigenvalue weighted by Gasteiger charge is -2.14. The molecule has 0 saturated carbocycles. The average Bonchev–Trinajstić information content (AvgIpc) is 2.25. The highest BCUT2D eigenvalue weighted by molar-refractivity contribution is 9.08. The lowest BCUT2D eigenvalue weighted by Crippen LogP contribution is -2.11. The molecule has 0 atom stereocenters. The van der Waals surface area contributed by atoms with Crippen LogP contribution in [-0.2, 0) is 11.5 Å². The number of halogens is 4. The largest absolute Gasteiger partial charge is 0.497 e. The van der Waals surface area contributed by atoms with E-state index in [2.05, 4.69) is 15.9 Å². The van der Waals surface area contributed by atoms with Gasteiger partial charge in [0, 0.05) is 5.33 Å². The summed E-state index contributed by atoms with van der Waals surface area (Å²) in [6.45, 7) is 0. The predicted octanol–water partition coefficient (Wildman–Crippen LogP) is 3.48. The third-order valence-electron chi connectivity index (χ3n) is 1.98. The van der Waals surface area contributed by atoms with Crippen molar-refractivity contribution in [2.24, 2.45) is 0 Å². The number of rotatable bonds is 2. The minimum atomic E-state index is -4.54. The van der Waals surface area contributed by atoms with E-state index in [4.69, 9.17) is 10.00 Å². The van der Waals surface area contributed by atoms with Crippen LogP contribution in [0.25, 0.3) is 0 Å². The number of hydrogen-bond donors (Lipinski definition) is 0. The van der Waals surface area contributed by atoms with E-state index >= 15 is 0 Å². The van der Waals surface area contributed by atoms with E-state index in [0.717, 1.165) is 6.07 Å². The first kappa shape index (κ1) is 12.8. The van der Waals surface area contributed by atoms with Crippen molar-refractivity contribution in [3.8, 4) is 11.8 Å². The second kappa shape index (κ2) is 4.74. The van der Waals surface area contributed by atoms with Gasteiger partial charge in [-0.15, -0.1) is 0 Å². The molecule has 0 radical (unpaired) electrons.